The zero-order valence-corrected chi connectivity index (χ0v) is 9.48. The summed E-state index contributed by atoms with van der Waals surface area (Å²) in [6.07, 6.45) is 0. The monoisotopic (exact) mass is 234 g/mol. The van der Waals surface area contributed by atoms with Gasteiger partial charge in [0, 0.05) is 0 Å². The van der Waals surface area contributed by atoms with Crippen LogP contribution in [-0.2, 0) is 4.79 Å². The highest BCUT2D eigenvalue weighted by molar-refractivity contribution is 5.81. The van der Waals surface area contributed by atoms with E-state index in [0.717, 1.165) is 0 Å². The minimum Gasteiger partial charge on any atom is -0.338 e. The van der Waals surface area contributed by atoms with Crippen molar-refractivity contribution >= 4 is 5.78 Å². The Hall–Kier alpha value is -2.04. The molecule has 0 bridgehead atoms. The van der Waals surface area contributed by atoms with Gasteiger partial charge in [0.05, 0.1) is 11.5 Å². The highest BCUT2D eigenvalue weighted by atomic mass is 19.1. The molecule has 1 heterocycles. The maximum Gasteiger partial charge on any atom is 0.237 e. The Balaban J connectivity index is 2.37. The highest BCUT2D eigenvalue weighted by Gasteiger charge is 2.19. The third-order valence-electron chi connectivity index (χ3n) is 2.54. The maximum absolute atomic E-state index is 13.5. The first-order valence-electron chi connectivity index (χ1n) is 5.18. The minimum atomic E-state index is -0.469. The van der Waals surface area contributed by atoms with Gasteiger partial charge in [-0.1, -0.05) is 17.3 Å². The molecule has 0 radical (unpaired) electrons. The fourth-order valence-electron chi connectivity index (χ4n) is 1.34. The van der Waals surface area contributed by atoms with Crippen LogP contribution in [0, 0.1) is 5.82 Å². The zero-order valence-electron chi connectivity index (χ0n) is 9.48. The number of benzene rings is 1. The molecule has 88 valence electrons. The molecule has 4 nitrogen and oxygen atoms in total. The van der Waals surface area contributed by atoms with E-state index in [-0.39, 0.29) is 23.1 Å². The van der Waals surface area contributed by atoms with Crippen molar-refractivity contribution in [1.82, 2.24) is 10.1 Å². The van der Waals surface area contributed by atoms with Crippen molar-refractivity contribution in [2.45, 2.75) is 19.8 Å². The molecule has 5 heteroatoms. The molecule has 0 fully saturated rings. The van der Waals surface area contributed by atoms with E-state index in [4.69, 9.17) is 4.52 Å². The topological polar surface area (TPSA) is 56.0 Å². The van der Waals surface area contributed by atoms with Crippen LogP contribution in [0.4, 0.5) is 4.39 Å². The molecular weight excluding hydrogens is 223 g/mol. The van der Waals surface area contributed by atoms with Gasteiger partial charge in [0.15, 0.2) is 0 Å². The maximum atomic E-state index is 13.5. The molecule has 1 aromatic heterocycles. The number of Topliss-reactive ketones (excluding diaryl/α,β-unsaturated/α-hetero) is 1. The summed E-state index contributed by atoms with van der Waals surface area (Å²) in [5, 5.41) is 3.67. The SMILES string of the molecule is CC(=O)C(C)c1nc(-c2ccccc2F)no1. The van der Waals surface area contributed by atoms with Crippen LogP contribution in [0.3, 0.4) is 0 Å². The summed E-state index contributed by atoms with van der Waals surface area (Å²) in [7, 11) is 0. The quantitative estimate of drug-likeness (QED) is 0.819. The molecule has 1 unspecified atom stereocenters. The first-order chi connectivity index (χ1) is 8.09. The number of aromatic nitrogens is 2. The second kappa shape index (κ2) is 4.45. The van der Waals surface area contributed by atoms with Gasteiger partial charge in [-0.15, -0.1) is 0 Å². The molecule has 0 aliphatic rings. The van der Waals surface area contributed by atoms with Crippen LogP contribution in [0.5, 0.6) is 0 Å². The molecule has 0 spiro atoms. The van der Waals surface area contributed by atoms with Crippen molar-refractivity contribution < 1.29 is 13.7 Å². The number of ketones is 1. The van der Waals surface area contributed by atoms with Gasteiger partial charge in [0.25, 0.3) is 0 Å². The van der Waals surface area contributed by atoms with E-state index in [1.54, 1.807) is 25.1 Å². The van der Waals surface area contributed by atoms with E-state index in [9.17, 15) is 9.18 Å². The van der Waals surface area contributed by atoms with E-state index in [2.05, 4.69) is 10.1 Å². The fraction of sp³-hybridized carbons (Fsp3) is 0.250. The standard InChI is InChI=1S/C12H11FN2O2/c1-7(8(2)16)12-14-11(15-17-12)9-5-3-4-6-10(9)13/h3-7H,1-2H3. The van der Waals surface area contributed by atoms with Crippen molar-refractivity contribution in [1.29, 1.82) is 0 Å². The van der Waals surface area contributed by atoms with Gasteiger partial charge in [-0.2, -0.15) is 4.98 Å². The predicted octanol–water partition coefficient (Wildman–Crippen LogP) is 2.57. The van der Waals surface area contributed by atoms with Crippen molar-refractivity contribution in [2.24, 2.45) is 0 Å². The fourth-order valence-corrected chi connectivity index (χ4v) is 1.34. The number of rotatable bonds is 3. The Morgan fingerprint density at radius 1 is 1.41 bits per heavy atom. The van der Waals surface area contributed by atoms with Crippen LogP contribution >= 0.6 is 0 Å². The summed E-state index contributed by atoms with van der Waals surface area (Å²) in [5.74, 6) is -0.603. The van der Waals surface area contributed by atoms with Gasteiger partial charge in [0.2, 0.25) is 11.7 Å². The van der Waals surface area contributed by atoms with E-state index < -0.39 is 11.7 Å². The molecule has 2 aromatic rings. The van der Waals surface area contributed by atoms with Gasteiger partial charge in [-0.05, 0) is 26.0 Å². The highest BCUT2D eigenvalue weighted by Crippen LogP contribution is 2.22. The second-order valence-electron chi connectivity index (χ2n) is 3.77. The van der Waals surface area contributed by atoms with Gasteiger partial charge >= 0.3 is 0 Å². The minimum absolute atomic E-state index is 0.0752. The summed E-state index contributed by atoms with van der Waals surface area (Å²) in [5.41, 5.74) is 0.262. The molecule has 1 aromatic carbocycles. The lowest BCUT2D eigenvalue weighted by molar-refractivity contribution is -0.118. The third kappa shape index (κ3) is 2.22. The molecule has 0 N–H and O–H groups in total. The average molecular weight is 234 g/mol. The number of carbonyl (C=O) groups is 1. The van der Waals surface area contributed by atoms with Crippen molar-refractivity contribution in [3.63, 3.8) is 0 Å². The lowest BCUT2D eigenvalue weighted by Crippen LogP contribution is -2.04. The molecule has 0 saturated carbocycles. The van der Waals surface area contributed by atoms with E-state index in [1.165, 1.54) is 13.0 Å². The molecule has 0 aliphatic carbocycles. The van der Waals surface area contributed by atoms with Gasteiger partial charge in [-0.25, -0.2) is 4.39 Å². The largest absolute Gasteiger partial charge is 0.338 e. The number of hydrogen-bond donors (Lipinski definition) is 0. The number of nitrogens with zero attached hydrogens (tertiary/aromatic N) is 2. The van der Waals surface area contributed by atoms with Crippen molar-refractivity contribution in [2.75, 3.05) is 0 Å². The molecule has 1 atom stereocenters. The van der Waals surface area contributed by atoms with Crippen LogP contribution in [0.25, 0.3) is 11.4 Å². The van der Waals surface area contributed by atoms with Crippen LogP contribution < -0.4 is 0 Å². The first-order valence-corrected chi connectivity index (χ1v) is 5.18. The molecule has 0 saturated heterocycles. The summed E-state index contributed by atoms with van der Waals surface area (Å²) in [4.78, 5) is 15.2. The smallest absolute Gasteiger partial charge is 0.237 e. The summed E-state index contributed by atoms with van der Waals surface area (Å²) >= 11 is 0. The van der Waals surface area contributed by atoms with Crippen molar-refractivity contribution in [3.8, 4) is 11.4 Å². The number of carbonyl (C=O) groups excluding carboxylic acids is 1. The summed E-state index contributed by atoms with van der Waals surface area (Å²) in [6, 6.07) is 6.14. The average Bonchev–Trinajstić information content (AvgIpc) is 2.77. The normalized spacial score (nSPS) is 12.4. The lowest BCUT2D eigenvalue weighted by atomic mass is 10.1. The van der Waals surface area contributed by atoms with E-state index in [0.29, 0.717) is 0 Å². The Morgan fingerprint density at radius 3 is 2.76 bits per heavy atom. The van der Waals surface area contributed by atoms with Crippen molar-refractivity contribution in [3.05, 3.63) is 36.0 Å². The summed E-state index contributed by atoms with van der Waals surface area (Å²) in [6.45, 7) is 3.11. The summed E-state index contributed by atoms with van der Waals surface area (Å²) < 4.78 is 18.4. The molecule has 2 rings (SSSR count). The van der Waals surface area contributed by atoms with Gasteiger partial charge in [-0.3, -0.25) is 4.79 Å². The van der Waals surface area contributed by atoms with E-state index >= 15 is 0 Å². The Kier molecular flexibility index (Phi) is 2.99. The van der Waals surface area contributed by atoms with Crippen LogP contribution in [-0.4, -0.2) is 15.9 Å². The van der Waals surface area contributed by atoms with Crippen LogP contribution in [0.15, 0.2) is 28.8 Å². The molecular formula is C12H11FN2O2. The van der Waals surface area contributed by atoms with Gasteiger partial charge in [0.1, 0.15) is 11.6 Å². The van der Waals surface area contributed by atoms with E-state index in [1.807, 2.05) is 0 Å². The number of hydrogen-bond acceptors (Lipinski definition) is 4. The zero-order chi connectivity index (χ0) is 12.4. The number of halogens is 1. The molecule has 0 amide bonds. The van der Waals surface area contributed by atoms with Gasteiger partial charge < -0.3 is 4.52 Å². The molecule has 0 aliphatic heterocycles. The Labute approximate surface area is 97.5 Å². The lowest BCUT2D eigenvalue weighted by Gasteiger charge is -1.98. The van der Waals surface area contributed by atoms with Crippen LogP contribution in [0.1, 0.15) is 25.7 Å². The molecule has 17 heavy (non-hydrogen) atoms. The second-order valence-corrected chi connectivity index (χ2v) is 3.77. The Morgan fingerprint density at radius 2 is 2.12 bits per heavy atom. The first kappa shape index (κ1) is 11.4. The Bertz CT molecular complexity index is 551. The third-order valence-corrected chi connectivity index (χ3v) is 2.54. The van der Waals surface area contributed by atoms with Crippen LogP contribution in [0.2, 0.25) is 0 Å². The predicted molar refractivity (Wildman–Crippen MR) is 58.8 cm³/mol.